The largest absolute Gasteiger partial charge is 0.418 e. The Bertz CT molecular complexity index is 1400. The molecule has 4 heterocycles. The predicted molar refractivity (Wildman–Crippen MR) is 139 cm³/mol. The van der Waals surface area contributed by atoms with Crippen LogP contribution in [-0.4, -0.2) is 74.3 Å². The predicted octanol–water partition coefficient (Wildman–Crippen LogP) is 3.68. The van der Waals surface area contributed by atoms with Crippen LogP contribution < -0.4 is 10.2 Å². The van der Waals surface area contributed by atoms with Crippen molar-refractivity contribution in [1.82, 2.24) is 34.9 Å². The van der Waals surface area contributed by atoms with Crippen LogP contribution in [0.1, 0.15) is 22.8 Å². The topological polar surface area (TPSA) is 92.1 Å². The van der Waals surface area contributed by atoms with Gasteiger partial charge in [-0.15, -0.1) is 0 Å². The number of hydrogen-bond acceptors (Lipinski definition) is 7. The summed E-state index contributed by atoms with van der Waals surface area (Å²) in [6, 6.07) is 10.0. The molecule has 3 aromatic heterocycles. The number of anilines is 1. The number of nitrogens with zero attached hydrogens (tertiary/aromatic N) is 7. The third kappa shape index (κ3) is 6.06. The summed E-state index contributed by atoms with van der Waals surface area (Å²) in [7, 11) is 0. The lowest BCUT2D eigenvalue weighted by atomic mass is 10.1. The van der Waals surface area contributed by atoms with Crippen LogP contribution in [0.4, 0.5) is 19.1 Å². The highest BCUT2D eigenvalue weighted by atomic mass is 19.4. The van der Waals surface area contributed by atoms with Crippen molar-refractivity contribution >= 4 is 11.9 Å². The van der Waals surface area contributed by atoms with Crippen molar-refractivity contribution in [3.8, 4) is 16.9 Å². The van der Waals surface area contributed by atoms with E-state index in [0.717, 1.165) is 36.9 Å². The monoisotopic (exact) mass is 536 g/mol. The van der Waals surface area contributed by atoms with Gasteiger partial charge in [0, 0.05) is 75.3 Å². The second kappa shape index (κ2) is 11.2. The fourth-order valence-electron chi connectivity index (χ4n) is 4.62. The van der Waals surface area contributed by atoms with Gasteiger partial charge in [0.15, 0.2) is 0 Å². The standard InChI is InChI=1S/C27H27F3N8O/c1-19(17-36-13-15-37(16-14-36)26-32-9-4-10-33-26)34-25(39)21-18-38(35-24(21)20-7-11-31-12-8-20)23-6-3-2-5-22(23)27(28,29)30/h2-12,18-19H,13-17H2,1H3,(H,34,39). The van der Waals surface area contributed by atoms with E-state index in [4.69, 9.17) is 0 Å². The van der Waals surface area contributed by atoms with Crippen molar-refractivity contribution < 1.29 is 18.0 Å². The third-order valence-corrected chi connectivity index (χ3v) is 6.49. The molecule has 4 aromatic rings. The van der Waals surface area contributed by atoms with Crippen LogP contribution in [0.15, 0.2) is 73.4 Å². The highest BCUT2D eigenvalue weighted by Crippen LogP contribution is 2.34. The molecule has 1 saturated heterocycles. The van der Waals surface area contributed by atoms with E-state index in [2.05, 4.69) is 35.2 Å². The van der Waals surface area contributed by atoms with Crippen LogP contribution in [0, 0.1) is 0 Å². The summed E-state index contributed by atoms with van der Waals surface area (Å²) in [6.45, 7) is 5.62. The molecule has 1 aliphatic rings. The normalized spacial score (nSPS) is 15.2. The summed E-state index contributed by atoms with van der Waals surface area (Å²) in [6.07, 6.45) is 3.30. The molecule has 0 saturated carbocycles. The lowest BCUT2D eigenvalue weighted by Crippen LogP contribution is -2.51. The number of carbonyl (C=O) groups excluding carboxylic acids is 1. The van der Waals surface area contributed by atoms with Crippen LogP contribution in [-0.2, 0) is 6.18 Å². The maximum Gasteiger partial charge on any atom is 0.418 e. The highest BCUT2D eigenvalue weighted by Gasteiger charge is 2.34. The van der Waals surface area contributed by atoms with Gasteiger partial charge in [0.25, 0.3) is 5.91 Å². The van der Waals surface area contributed by atoms with E-state index in [1.807, 2.05) is 6.92 Å². The second-order valence-electron chi connectivity index (χ2n) is 9.30. The average Bonchev–Trinajstić information content (AvgIpc) is 3.40. The summed E-state index contributed by atoms with van der Waals surface area (Å²) in [5.74, 6) is 0.285. The van der Waals surface area contributed by atoms with E-state index in [1.54, 1.807) is 43.0 Å². The quantitative estimate of drug-likeness (QED) is 0.385. The molecular weight excluding hydrogens is 509 g/mol. The van der Waals surface area contributed by atoms with Crippen molar-refractivity contribution in [3.05, 3.63) is 84.6 Å². The Morgan fingerprint density at radius 1 is 0.974 bits per heavy atom. The number of carbonyl (C=O) groups is 1. The van der Waals surface area contributed by atoms with Crippen molar-refractivity contribution in [2.45, 2.75) is 19.1 Å². The maximum absolute atomic E-state index is 13.7. The number of para-hydroxylation sites is 1. The zero-order valence-corrected chi connectivity index (χ0v) is 21.2. The fourth-order valence-corrected chi connectivity index (χ4v) is 4.62. The minimum absolute atomic E-state index is 0.160. The molecule has 1 fully saturated rings. The van der Waals surface area contributed by atoms with Crippen LogP contribution in [0.2, 0.25) is 0 Å². The number of piperazine rings is 1. The molecule has 39 heavy (non-hydrogen) atoms. The smallest absolute Gasteiger partial charge is 0.348 e. The van der Waals surface area contributed by atoms with Crippen LogP contribution in [0.5, 0.6) is 0 Å². The number of rotatable bonds is 7. The number of pyridine rings is 1. The number of benzene rings is 1. The van der Waals surface area contributed by atoms with E-state index in [1.165, 1.54) is 24.4 Å². The Balaban J connectivity index is 1.32. The van der Waals surface area contributed by atoms with Gasteiger partial charge in [-0.2, -0.15) is 18.3 Å². The van der Waals surface area contributed by atoms with Gasteiger partial charge < -0.3 is 10.2 Å². The molecular formula is C27H27F3N8O. The van der Waals surface area contributed by atoms with Gasteiger partial charge in [0.05, 0.1) is 16.8 Å². The molecule has 0 radical (unpaired) electrons. The Morgan fingerprint density at radius 2 is 1.67 bits per heavy atom. The molecule has 0 bridgehead atoms. The molecule has 1 atom stereocenters. The molecule has 1 aliphatic heterocycles. The van der Waals surface area contributed by atoms with E-state index in [9.17, 15) is 18.0 Å². The summed E-state index contributed by atoms with van der Waals surface area (Å²) in [4.78, 5) is 30.4. The highest BCUT2D eigenvalue weighted by molar-refractivity contribution is 6.00. The van der Waals surface area contributed by atoms with Crippen molar-refractivity contribution in [1.29, 1.82) is 0 Å². The van der Waals surface area contributed by atoms with Crippen LogP contribution >= 0.6 is 0 Å². The Morgan fingerprint density at radius 3 is 2.36 bits per heavy atom. The van der Waals surface area contributed by atoms with E-state index >= 15 is 0 Å². The number of halogens is 3. The number of alkyl halides is 3. The lowest BCUT2D eigenvalue weighted by molar-refractivity contribution is -0.137. The number of aromatic nitrogens is 5. The molecule has 0 spiro atoms. The molecule has 202 valence electrons. The number of nitrogens with one attached hydrogen (secondary N) is 1. The van der Waals surface area contributed by atoms with Crippen LogP contribution in [0.3, 0.4) is 0 Å². The minimum atomic E-state index is -4.58. The van der Waals surface area contributed by atoms with Crippen molar-refractivity contribution in [2.24, 2.45) is 0 Å². The van der Waals surface area contributed by atoms with Gasteiger partial charge >= 0.3 is 6.18 Å². The number of hydrogen-bond donors (Lipinski definition) is 1. The van der Waals surface area contributed by atoms with Gasteiger partial charge in [0.1, 0.15) is 5.69 Å². The molecule has 12 heteroatoms. The molecule has 5 rings (SSSR count). The van der Waals surface area contributed by atoms with Gasteiger partial charge in [-0.05, 0) is 37.3 Å². The molecule has 1 unspecified atom stereocenters. The third-order valence-electron chi connectivity index (χ3n) is 6.49. The zero-order chi connectivity index (χ0) is 27.4. The minimum Gasteiger partial charge on any atom is -0.348 e. The second-order valence-corrected chi connectivity index (χ2v) is 9.30. The summed E-state index contributed by atoms with van der Waals surface area (Å²) in [5, 5.41) is 7.40. The maximum atomic E-state index is 13.7. The van der Waals surface area contributed by atoms with E-state index in [-0.39, 0.29) is 23.0 Å². The molecule has 1 N–H and O–H groups in total. The first-order valence-corrected chi connectivity index (χ1v) is 12.5. The molecule has 1 aromatic carbocycles. The van der Waals surface area contributed by atoms with Gasteiger partial charge in [-0.1, -0.05) is 12.1 Å². The van der Waals surface area contributed by atoms with Crippen molar-refractivity contribution in [2.75, 3.05) is 37.6 Å². The Hall–Kier alpha value is -4.32. The van der Waals surface area contributed by atoms with Crippen molar-refractivity contribution in [3.63, 3.8) is 0 Å². The summed E-state index contributed by atoms with van der Waals surface area (Å²) < 4.78 is 42.2. The molecule has 1 amide bonds. The van der Waals surface area contributed by atoms with Gasteiger partial charge in [-0.3, -0.25) is 14.7 Å². The summed E-state index contributed by atoms with van der Waals surface area (Å²) >= 11 is 0. The SMILES string of the molecule is CC(CN1CCN(c2ncccn2)CC1)NC(=O)c1cn(-c2ccccc2C(F)(F)F)nc1-c1ccncc1. The van der Waals surface area contributed by atoms with Gasteiger partial charge in [0.2, 0.25) is 5.95 Å². The average molecular weight is 537 g/mol. The van der Waals surface area contributed by atoms with Crippen LogP contribution in [0.25, 0.3) is 16.9 Å². The first-order chi connectivity index (χ1) is 18.8. The Kier molecular flexibility index (Phi) is 7.55. The van der Waals surface area contributed by atoms with E-state index < -0.39 is 17.6 Å². The molecule has 9 nitrogen and oxygen atoms in total. The molecule has 0 aliphatic carbocycles. The summed E-state index contributed by atoms with van der Waals surface area (Å²) in [5.41, 5.74) is 0.0266. The zero-order valence-electron chi connectivity index (χ0n) is 21.2. The first kappa shape index (κ1) is 26.3. The lowest BCUT2D eigenvalue weighted by Gasteiger charge is -2.35. The van der Waals surface area contributed by atoms with E-state index in [0.29, 0.717) is 18.1 Å². The Labute approximate surface area is 223 Å². The fraction of sp³-hybridized carbons (Fsp3) is 0.296. The first-order valence-electron chi connectivity index (χ1n) is 12.5. The van der Waals surface area contributed by atoms with Gasteiger partial charge in [-0.25, -0.2) is 14.6 Å². The number of amides is 1.